The maximum absolute atomic E-state index is 7.42. The van der Waals surface area contributed by atoms with Gasteiger partial charge in [-0.1, -0.05) is 68.5 Å². The average Bonchev–Trinajstić information content (AvgIpc) is 3.34. The molecular weight excluding hydrogens is 576 g/mol. The number of benzene rings is 5. The summed E-state index contributed by atoms with van der Waals surface area (Å²) in [5.74, 6) is 3.67. The van der Waals surface area contributed by atoms with Crippen molar-refractivity contribution in [3.63, 3.8) is 0 Å². The number of rotatable bonds is 9. The van der Waals surface area contributed by atoms with Crippen molar-refractivity contribution in [3.8, 4) is 39.9 Å². The van der Waals surface area contributed by atoms with Gasteiger partial charge in [-0.25, -0.2) is 0 Å². The van der Waals surface area contributed by atoms with Crippen LogP contribution < -0.4 is 23.7 Å². The molecular formula is C40H38O6. The van der Waals surface area contributed by atoms with Crippen molar-refractivity contribution in [2.45, 2.75) is 24.9 Å². The van der Waals surface area contributed by atoms with E-state index in [-0.39, 0.29) is 5.41 Å². The summed E-state index contributed by atoms with van der Waals surface area (Å²) in [6.07, 6.45) is 4.43. The third-order valence-electron chi connectivity index (χ3n) is 9.40. The Kier molecular flexibility index (Phi) is 7.41. The Morgan fingerprint density at radius 2 is 1.30 bits per heavy atom. The summed E-state index contributed by atoms with van der Waals surface area (Å²) in [4.78, 5) is 0. The molecule has 0 bridgehead atoms. The van der Waals surface area contributed by atoms with Gasteiger partial charge in [0.25, 0.3) is 0 Å². The molecule has 1 aliphatic heterocycles. The summed E-state index contributed by atoms with van der Waals surface area (Å²) in [6, 6.07) is 29.0. The molecule has 0 spiro atoms. The van der Waals surface area contributed by atoms with Crippen LogP contribution in [0.5, 0.6) is 28.7 Å². The summed E-state index contributed by atoms with van der Waals surface area (Å²) in [7, 11) is 6.69. The second-order valence-electron chi connectivity index (χ2n) is 12.2. The zero-order valence-electron chi connectivity index (χ0n) is 27.1. The van der Waals surface area contributed by atoms with Crippen LogP contribution in [0.4, 0.5) is 0 Å². The molecule has 0 N–H and O–H groups in total. The highest BCUT2D eigenvalue weighted by Crippen LogP contribution is 2.59. The van der Waals surface area contributed by atoms with Crippen molar-refractivity contribution in [1.82, 2.24) is 0 Å². The van der Waals surface area contributed by atoms with Gasteiger partial charge in [0.05, 0.1) is 27.9 Å². The first-order valence-electron chi connectivity index (χ1n) is 15.5. The predicted molar refractivity (Wildman–Crippen MR) is 182 cm³/mol. The molecule has 0 aromatic heterocycles. The monoisotopic (exact) mass is 614 g/mol. The third-order valence-corrected chi connectivity index (χ3v) is 9.40. The van der Waals surface area contributed by atoms with E-state index < -0.39 is 5.60 Å². The van der Waals surface area contributed by atoms with E-state index in [1.807, 2.05) is 30.3 Å². The molecule has 5 aromatic carbocycles. The molecule has 7 rings (SSSR count). The topological polar surface area (TPSA) is 55.4 Å². The lowest BCUT2D eigenvalue weighted by atomic mass is 9.76. The molecule has 46 heavy (non-hydrogen) atoms. The van der Waals surface area contributed by atoms with Gasteiger partial charge in [0.15, 0.2) is 17.1 Å². The van der Waals surface area contributed by atoms with E-state index in [0.717, 1.165) is 44.7 Å². The van der Waals surface area contributed by atoms with E-state index in [9.17, 15) is 0 Å². The van der Waals surface area contributed by atoms with Crippen LogP contribution in [0.15, 0.2) is 91.0 Å². The molecule has 0 radical (unpaired) electrons. The van der Waals surface area contributed by atoms with Gasteiger partial charge < -0.3 is 28.4 Å². The normalized spacial score (nSPS) is 17.1. The van der Waals surface area contributed by atoms with E-state index in [0.29, 0.717) is 24.7 Å². The fraction of sp³-hybridized carbons (Fsp3) is 0.250. The zero-order chi connectivity index (χ0) is 32.1. The summed E-state index contributed by atoms with van der Waals surface area (Å²) in [5, 5.41) is 2.02. The van der Waals surface area contributed by atoms with Gasteiger partial charge in [-0.3, -0.25) is 0 Å². The first kappa shape index (κ1) is 29.8. The number of fused-ring (bicyclic) bond motifs is 8. The molecule has 0 amide bonds. The zero-order valence-corrected chi connectivity index (χ0v) is 27.1. The molecule has 1 unspecified atom stereocenters. The van der Waals surface area contributed by atoms with E-state index in [2.05, 4.69) is 80.6 Å². The van der Waals surface area contributed by atoms with Crippen LogP contribution >= 0.6 is 0 Å². The molecule has 0 saturated heterocycles. The standard InChI is InChI=1S/C40H38O6/c1-39(2)33-10-8-7-9-29(33)36-31-23-34(43-5)35(44-6)24-32(31)38-30(37(36)39)19-20-40(46-38,25-11-15-27(42-4)16-12-25)26-13-17-28(18-14-26)45-22-21-41-3/h7-20,23-24H,21-22H2,1-6H3. The van der Waals surface area contributed by atoms with Gasteiger partial charge in [0, 0.05) is 34.6 Å². The highest BCUT2D eigenvalue weighted by atomic mass is 16.5. The van der Waals surface area contributed by atoms with E-state index >= 15 is 0 Å². The van der Waals surface area contributed by atoms with Gasteiger partial charge in [0.2, 0.25) is 0 Å². The van der Waals surface area contributed by atoms with Crippen molar-refractivity contribution in [2.24, 2.45) is 0 Å². The van der Waals surface area contributed by atoms with Crippen molar-refractivity contribution >= 4 is 16.8 Å². The van der Waals surface area contributed by atoms with E-state index in [1.54, 1.807) is 28.4 Å². The second-order valence-corrected chi connectivity index (χ2v) is 12.2. The molecule has 1 heterocycles. The van der Waals surface area contributed by atoms with Crippen LogP contribution in [0, 0.1) is 0 Å². The lowest BCUT2D eigenvalue weighted by Gasteiger charge is -2.38. The Bertz CT molecular complexity index is 1960. The van der Waals surface area contributed by atoms with Gasteiger partial charge in [-0.15, -0.1) is 0 Å². The summed E-state index contributed by atoms with van der Waals surface area (Å²) >= 11 is 0. The lowest BCUT2D eigenvalue weighted by Crippen LogP contribution is -2.35. The molecule has 1 aliphatic carbocycles. The Morgan fingerprint density at radius 3 is 1.93 bits per heavy atom. The highest BCUT2D eigenvalue weighted by Gasteiger charge is 2.44. The fourth-order valence-corrected chi connectivity index (χ4v) is 7.13. The molecule has 234 valence electrons. The Hall–Kier alpha value is -4.94. The van der Waals surface area contributed by atoms with Gasteiger partial charge >= 0.3 is 0 Å². The Labute approximate surface area is 270 Å². The summed E-state index contributed by atoms with van der Waals surface area (Å²) in [6.45, 7) is 5.59. The quantitative estimate of drug-likeness (QED) is 0.155. The second kappa shape index (κ2) is 11.5. The molecule has 1 atom stereocenters. The summed E-state index contributed by atoms with van der Waals surface area (Å²) in [5.41, 5.74) is 6.78. The van der Waals surface area contributed by atoms with Gasteiger partial charge in [-0.05, 0) is 70.1 Å². The fourth-order valence-electron chi connectivity index (χ4n) is 7.13. The number of methoxy groups -OCH3 is 4. The minimum absolute atomic E-state index is 0.258. The summed E-state index contributed by atoms with van der Waals surface area (Å²) < 4.78 is 35.6. The largest absolute Gasteiger partial charge is 0.497 e. The Morgan fingerprint density at radius 1 is 0.674 bits per heavy atom. The van der Waals surface area contributed by atoms with E-state index in [4.69, 9.17) is 28.4 Å². The van der Waals surface area contributed by atoms with E-state index in [1.165, 1.54) is 22.3 Å². The number of ether oxygens (including phenoxy) is 6. The van der Waals surface area contributed by atoms with Crippen LogP contribution in [-0.2, 0) is 15.8 Å². The number of hydrogen-bond donors (Lipinski definition) is 0. The minimum Gasteiger partial charge on any atom is -0.497 e. The van der Waals surface area contributed by atoms with Crippen molar-refractivity contribution < 1.29 is 28.4 Å². The van der Waals surface area contributed by atoms with Crippen molar-refractivity contribution in [2.75, 3.05) is 41.7 Å². The highest BCUT2D eigenvalue weighted by molar-refractivity contribution is 6.09. The maximum Gasteiger partial charge on any atom is 0.178 e. The molecule has 2 aliphatic rings. The third kappa shape index (κ3) is 4.51. The number of hydrogen-bond acceptors (Lipinski definition) is 6. The molecule has 6 heteroatoms. The molecule has 0 saturated carbocycles. The average molecular weight is 615 g/mol. The van der Waals surface area contributed by atoms with Crippen LogP contribution in [0.25, 0.3) is 28.0 Å². The van der Waals surface area contributed by atoms with Gasteiger partial charge in [-0.2, -0.15) is 0 Å². The van der Waals surface area contributed by atoms with Gasteiger partial charge in [0.1, 0.15) is 23.9 Å². The lowest BCUT2D eigenvalue weighted by molar-refractivity contribution is 0.146. The minimum atomic E-state index is -0.936. The maximum atomic E-state index is 7.42. The molecule has 6 nitrogen and oxygen atoms in total. The predicted octanol–water partition coefficient (Wildman–Crippen LogP) is 8.55. The van der Waals surface area contributed by atoms with Crippen molar-refractivity contribution in [1.29, 1.82) is 0 Å². The van der Waals surface area contributed by atoms with Crippen LogP contribution in [0.3, 0.4) is 0 Å². The van der Waals surface area contributed by atoms with Crippen LogP contribution in [-0.4, -0.2) is 41.7 Å². The Balaban J connectivity index is 1.50. The SMILES string of the molecule is COCCOc1ccc(C2(c3ccc(OC)cc3)C=Cc3c4c(c5cc(OC)c(OC)cc5c3O2)-c2ccccc2C4(C)C)cc1. The smallest absolute Gasteiger partial charge is 0.178 e. The molecule has 0 fully saturated rings. The van der Waals surface area contributed by atoms with Crippen LogP contribution in [0.1, 0.15) is 41.7 Å². The first-order valence-corrected chi connectivity index (χ1v) is 15.5. The molecule has 5 aromatic rings. The first-order chi connectivity index (χ1) is 22.4. The van der Waals surface area contributed by atoms with Crippen molar-refractivity contribution in [3.05, 3.63) is 119 Å². The van der Waals surface area contributed by atoms with Crippen LogP contribution in [0.2, 0.25) is 0 Å².